The lowest BCUT2D eigenvalue weighted by Gasteiger charge is -2.21. The highest BCUT2D eigenvalue weighted by Crippen LogP contribution is 2.14. The number of aliphatic hydroxyl groups is 1. The first-order valence-corrected chi connectivity index (χ1v) is 5.72. The van der Waals surface area contributed by atoms with Gasteiger partial charge in [-0.1, -0.05) is 0 Å². The third-order valence-electron chi connectivity index (χ3n) is 2.17. The maximum Gasteiger partial charge on any atom is 0.271 e. The molecule has 0 bridgehead atoms. The number of aliphatic hydroxyl groups excluding tert-OH is 1. The van der Waals surface area contributed by atoms with Crippen molar-refractivity contribution >= 4 is 15.0 Å². The van der Waals surface area contributed by atoms with Crippen LogP contribution in [0.1, 0.15) is 12.8 Å². The molecule has 1 fully saturated rings. The van der Waals surface area contributed by atoms with Gasteiger partial charge in [-0.05, 0) is 25.9 Å². The summed E-state index contributed by atoms with van der Waals surface area (Å²) >= 11 is 0. The molecule has 0 aliphatic carbocycles. The summed E-state index contributed by atoms with van der Waals surface area (Å²) in [4.78, 5) is 10.9. The van der Waals surface area contributed by atoms with E-state index in [4.69, 9.17) is 5.11 Å². The molecule has 76 valence electrons. The molecule has 1 rings (SSSR count). The molecule has 1 heterocycles. The Labute approximate surface area is 77.1 Å². The van der Waals surface area contributed by atoms with Gasteiger partial charge in [-0.3, -0.25) is 4.79 Å². The van der Waals surface area contributed by atoms with Gasteiger partial charge in [-0.25, -0.2) is 8.42 Å². The summed E-state index contributed by atoms with van der Waals surface area (Å²) in [6.45, 7) is 0.317. The molecule has 0 aromatic rings. The molecule has 0 atom stereocenters. The summed E-state index contributed by atoms with van der Waals surface area (Å²) in [6.07, 6.45) is 0.905. The largest absolute Gasteiger partial charge is 0.387 e. The molecule has 0 saturated carbocycles. The molecule has 1 saturated heterocycles. The van der Waals surface area contributed by atoms with Crippen LogP contribution in [0.15, 0.2) is 0 Å². The number of carbonyl (C=O) groups excluding carboxylic acids is 1. The Morgan fingerprint density at radius 3 is 2.38 bits per heavy atom. The van der Waals surface area contributed by atoms with Crippen LogP contribution in [0.25, 0.3) is 0 Å². The summed E-state index contributed by atoms with van der Waals surface area (Å²) in [7, 11) is -3.74. The highest BCUT2D eigenvalue weighted by Gasteiger charge is 2.32. The second-order valence-corrected chi connectivity index (χ2v) is 5.24. The van der Waals surface area contributed by atoms with Crippen LogP contribution in [-0.4, -0.2) is 43.6 Å². The molecule has 0 aromatic carbocycles. The summed E-state index contributed by atoms with van der Waals surface area (Å²) in [5.41, 5.74) is 0. The summed E-state index contributed by atoms with van der Waals surface area (Å²) in [5, 5.41) is 9.80. The minimum Gasteiger partial charge on any atom is -0.387 e. The number of nitrogens with one attached hydrogen (secondary N) is 1. The molecule has 5 nitrogen and oxygen atoms in total. The van der Waals surface area contributed by atoms with Crippen LogP contribution >= 0.6 is 0 Å². The van der Waals surface area contributed by atoms with Gasteiger partial charge in [-0.15, -0.1) is 0 Å². The van der Waals surface area contributed by atoms with E-state index >= 15 is 0 Å². The highest BCUT2D eigenvalue weighted by atomic mass is 32.2. The summed E-state index contributed by atoms with van der Waals surface area (Å²) in [5.74, 6) is 0. The van der Waals surface area contributed by atoms with E-state index in [0.717, 1.165) is 0 Å². The van der Waals surface area contributed by atoms with Crippen molar-refractivity contribution in [3.8, 4) is 0 Å². The molecule has 0 radical (unpaired) electrons. The maximum absolute atomic E-state index is 11.4. The topological polar surface area (TPSA) is 83.5 Å². The number of hydrogen-bond acceptors (Lipinski definition) is 5. The zero-order chi connectivity index (χ0) is 9.90. The zero-order valence-corrected chi connectivity index (χ0v) is 8.01. The van der Waals surface area contributed by atoms with Crippen molar-refractivity contribution in [3.05, 3.63) is 0 Å². The Kier molecular flexibility index (Phi) is 3.40. The van der Waals surface area contributed by atoms with Gasteiger partial charge in [0.25, 0.3) is 5.12 Å². The van der Waals surface area contributed by atoms with E-state index in [9.17, 15) is 13.2 Å². The van der Waals surface area contributed by atoms with Crippen molar-refractivity contribution in [1.82, 2.24) is 5.32 Å². The van der Waals surface area contributed by atoms with Crippen LogP contribution in [0.3, 0.4) is 0 Å². The van der Waals surface area contributed by atoms with E-state index in [-0.39, 0.29) is 0 Å². The van der Waals surface area contributed by atoms with Crippen molar-refractivity contribution in [1.29, 1.82) is 0 Å². The molecular weight excluding hydrogens is 194 g/mol. The molecule has 6 heteroatoms. The molecule has 0 aromatic heterocycles. The fourth-order valence-corrected chi connectivity index (χ4v) is 2.79. The highest BCUT2D eigenvalue weighted by molar-refractivity contribution is 8.06. The fourth-order valence-electron chi connectivity index (χ4n) is 1.38. The molecule has 1 aliphatic heterocycles. The first kappa shape index (κ1) is 10.6. The molecule has 0 amide bonds. The van der Waals surface area contributed by atoms with Crippen LogP contribution < -0.4 is 5.32 Å². The third kappa shape index (κ3) is 2.26. The van der Waals surface area contributed by atoms with Crippen molar-refractivity contribution in [2.45, 2.75) is 18.1 Å². The molecule has 1 aliphatic rings. The molecular formula is C7H13NO4S. The SMILES string of the molecule is O=C(CO)S(=O)(=O)C1CCNCC1. The monoisotopic (exact) mass is 207 g/mol. The average molecular weight is 207 g/mol. The Morgan fingerprint density at radius 2 is 1.92 bits per heavy atom. The van der Waals surface area contributed by atoms with Gasteiger partial charge in [0.05, 0.1) is 5.25 Å². The van der Waals surface area contributed by atoms with Crippen LogP contribution in [0.2, 0.25) is 0 Å². The summed E-state index contributed by atoms with van der Waals surface area (Å²) < 4.78 is 22.8. The van der Waals surface area contributed by atoms with Gasteiger partial charge >= 0.3 is 0 Å². The van der Waals surface area contributed by atoms with E-state index < -0.39 is 26.8 Å². The van der Waals surface area contributed by atoms with Gasteiger partial charge in [0.15, 0.2) is 0 Å². The van der Waals surface area contributed by atoms with Crippen LogP contribution in [0, 0.1) is 0 Å². The van der Waals surface area contributed by atoms with E-state index in [1.807, 2.05) is 0 Å². The van der Waals surface area contributed by atoms with E-state index in [1.54, 1.807) is 0 Å². The summed E-state index contributed by atoms with van der Waals surface area (Å²) in [6, 6.07) is 0. The van der Waals surface area contributed by atoms with Gasteiger partial charge in [0.1, 0.15) is 6.61 Å². The van der Waals surface area contributed by atoms with Gasteiger partial charge < -0.3 is 10.4 Å². The Morgan fingerprint density at radius 1 is 1.38 bits per heavy atom. The Balaban J connectivity index is 2.73. The zero-order valence-electron chi connectivity index (χ0n) is 7.19. The van der Waals surface area contributed by atoms with Crippen LogP contribution in [0.5, 0.6) is 0 Å². The normalized spacial score (nSPS) is 20.1. The average Bonchev–Trinajstić information content (AvgIpc) is 2.18. The number of hydrogen-bond donors (Lipinski definition) is 2. The number of rotatable bonds is 2. The number of sulfone groups is 1. The van der Waals surface area contributed by atoms with Crippen molar-refractivity contribution in [2.75, 3.05) is 19.7 Å². The lowest BCUT2D eigenvalue weighted by atomic mass is 10.2. The lowest BCUT2D eigenvalue weighted by Crippen LogP contribution is -2.39. The molecule has 2 N–H and O–H groups in total. The van der Waals surface area contributed by atoms with Crippen molar-refractivity contribution in [3.63, 3.8) is 0 Å². The van der Waals surface area contributed by atoms with E-state index in [1.165, 1.54) is 0 Å². The maximum atomic E-state index is 11.4. The molecule has 0 unspecified atom stereocenters. The first-order valence-electron chi connectivity index (χ1n) is 4.17. The Hall–Kier alpha value is -0.460. The van der Waals surface area contributed by atoms with Gasteiger partial charge in [-0.2, -0.15) is 0 Å². The van der Waals surface area contributed by atoms with E-state index in [0.29, 0.717) is 25.9 Å². The van der Waals surface area contributed by atoms with E-state index in [2.05, 4.69) is 5.32 Å². The minimum atomic E-state index is -3.74. The second-order valence-electron chi connectivity index (χ2n) is 3.02. The van der Waals surface area contributed by atoms with Gasteiger partial charge in [0.2, 0.25) is 9.84 Å². The fraction of sp³-hybridized carbons (Fsp3) is 0.857. The predicted octanol–water partition coefficient (Wildman–Crippen LogP) is -1.33. The van der Waals surface area contributed by atoms with Crippen LogP contribution in [0.4, 0.5) is 0 Å². The number of piperidine rings is 1. The van der Waals surface area contributed by atoms with Crippen molar-refractivity contribution in [2.24, 2.45) is 0 Å². The third-order valence-corrected chi connectivity index (χ3v) is 4.28. The molecule has 0 spiro atoms. The van der Waals surface area contributed by atoms with Gasteiger partial charge in [0, 0.05) is 0 Å². The van der Waals surface area contributed by atoms with Crippen LogP contribution in [-0.2, 0) is 14.6 Å². The second kappa shape index (κ2) is 4.17. The Bertz CT molecular complexity index is 279. The number of carbonyl (C=O) groups is 1. The quantitative estimate of drug-likeness (QED) is 0.586. The standard InChI is InChI=1S/C7H13NO4S/c9-5-7(10)13(11,12)6-1-3-8-4-2-6/h6,8-9H,1-5H2. The predicted molar refractivity (Wildman–Crippen MR) is 46.9 cm³/mol. The molecule has 13 heavy (non-hydrogen) atoms. The minimum absolute atomic E-state index is 0.452. The van der Waals surface area contributed by atoms with Crippen molar-refractivity contribution < 1.29 is 18.3 Å². The smallest absolute Gasteiger partial charge is 0.271 e. The lowest BCUT2D eigenvalue weighted by molar-refractivity contribution is -0.114. The first-order chi connectivity index (χ1) is 6.09.